The minimum absolute atomic E-state index is 0.0600. The molecule has 0 aliphatic carbocycles. The molecule has 1 saturated heterocycles. The molecule has 3 aromatic rings. The maximum atomic E-state index is 12.9. The summed E-state index contributed by atoms with van der Waals surface area (Å²) >= 11 is 0. The minimum Gasteiger partial charge on any atom is -0.390 e. The second kappa shape index (κ2) is 9.07. The van der Waals surface area contributed by atoms with Crippen LogP contribution in [0.3, 0.4) is 0 Å². The lowest BCUT2D eigenvalue weighted by molar-refractivity contribution is -0.0311. The molecule has 2 N–H and O–H groups in total. The van der Waals surface area contributed by atoms with Crippen LogP contribution < -0.4 is 4.72 Å². The topological polar surface area (TPSA) is 112 Å². The molecule has 0 saturated carbocycles. The third-order valence-corrected chi connectivity index (χ3v) is 7.35. The standard InChI is InChI=1S/C24H28N4O4S/c1-17(2)14-24(30)10-12-28(13-11-24)23(29)18-6-8-20(9-7-18)27-33(31,32)21-5-3-4-19-15-25-16-26-22(19)21/h3-9,15-17,27,30H,10-14H2,1-2H3. The van der Waals surface area contributed by atoms with E-state index in [4.69, 9.17) is 0 Å². The smallest absolute Gasteiger partial charge is 0.264 e. The van der Waals surface area contributed by atoms with Crippen LogP contribution in [0.25, 0.3) is 10.9 Å². The van der Waals surface area contributed by atoms with Gasteiger partial charge in [-0.1, -0.05) is 26.0 Å². The fraction of sp³-hybridized carbons (Fsp3) is 0.375. The molecule has 1 fully saturated rings. The Bertz CT molecular complexity index is 1250. The molecule has 8 nitrogen and oxygen atoms in total. The Morgan fingerprint density at radius 1 is 1.15 bits per heavy atom. The van der Waals surface area contributed by atoms with Crippen molar-refractivity contribution in [2.75, 3.05) is 17.8 Å². The Balaban J connectivity index is 1.45. The molecule has 9 heteroatoms. The number of carbonyl (C=O) groups excluding carboxylic acids is 1. The quantitative estimate of drug-likeness (QED) is 0.573. The average Bonchev–Trinajstić information content (AvgIpc) is 2.78. The number of carbonyl (C=O) groups is 1. The zero-order valence-corrected chi connectivity index (χ0v) is 19.5. The number of aromatic nitrogens is 2. The van der Waals surface area contributed by atoms with E-state index in [2.05, 4.69) is 28.5 Å². The van der Waals surface area contributed by atoms with Crippen LogP contribution in [-0.2, 0) is 10.0 Å². The average molecular weight is 469 g/mol. The number of nitrogens with zero attached hydrogens (tertiary/aromatic N) is 3. The van der Waals surface area contributed by atoms with Gasteiger partial charge in [-0.15, -0.1) is 0 Å². The number of sulfonamides is 1. The Labute approximate surface area is 193 Å². The fourth-order valence-electron chi connectivity index (χ4n) is 4.37. The first-order valence-electron chi connectivity index (χ1n) is 11.0. The Morgan fingerprint density at radius 3 is 2.52 bits per heavy atom. The molecule has 0 radical (unpaired) electrons. The van der Waals surface area contributed by atoms with E-state index in [0.717, 1.165) is 6.42 Å². The van der Waals surface area contributed by atoms with Crippen molar-refractivity contribution in [1.82, 2.24) is 14.9 Å². The first-order valence-corrected chi connectivity index (χ1v) is 12.5. The van der Waals surface area contributed by atoms with E-state index < -0.39 is 15.6 Å². The van der Waals surface area contributed by atoms with Crippen LogP contribution >= 0.6 is 0 Å². The molecule has 1 aromatic heterocycles. The molecule has 0 atom stereocenters. The van der Waals surface area contributed by atoms with Crippen molar-refractivity contribution in [1.29, 1.82) is 0 Å². The van der Waals surface area contributed by atoms with E-state index in [0.29, 0.717) is 54.0 Å². The lowest BCUT2D eigenvalue weighted by Gasteiger charge is -2.39. The zero-order chi connectivity index (χ0) is 23.6. The van der Waals surface area contributed by atoms with Crippen LogP contribution in [0.4, 0.5) is 5.69 Å². The Kier molecular flexibility index (Phi) is 6.36. The third-order valence-electron chi connectivity index (χ3n) is 5.94. The molecular weight excluding hydrogens is 440 g/mol. The van der Waals surface area contributed by atoms with E-state index in [1.807, 2.05) is 0 Å². The molecule has 0 spiro atoms. The second-order valence-corrected chi connectivity index (χ2v) is 10.7. The number of nitrogens with one attached hydrogen (secondary N) is 1. The summed E-state index contributed by atoms with van der Waals surface area (Å²) in [7, 11) is -3.88. The van der Waals surface area contributed by atoms with Gasteiger partial charge in [0.2, 0.25) is 0 Å². The predicted molar refractivity (Wildman–Crippen MR) is 126 cm³/mol. The molecule has 0 unspecified atom stereocenters. The van der Waals surface area contributed by atoms with Gasteiger partial charge in [-0.25, -0.2) is 18.4 Å². The minimum atomic E-state index is -3.88. The highest BCUT2D eigenvalue weighted by Crippen LogP contribution is 2.30. The summed E-state index contributed by atoms with van der Waals surface area (Å²) in [5, 5.41) is 11.3. The zero-order valence-electron chi connectivity index (χ0n) is 18.7. The normalized spacial score (nSPS) is 16.2. The van der Waals surface area contributed by atoms with E-state index in [9.17, 15) is 18.3 Å². The van der Waals surface area contributed by atoms with Gasteiger partial charge in [0, 0.05) is 35.9 Å². The number of likely N-dealkylation sites (tertiary alicyclic amines) is 1. The Hall–Kier alpha value is -3.04. The third kappa shape index (κ3) is 5.15. The van der Waals surface area contributed by atoms with Crippen LogP contribution in [0.5, 0.6) is 0 Å². The van der Waals surface area contributed by atoms with Crippen molar-refractivity contribution >= 4 is 32.5 Å². The molecule has 174 valence electrons. The number of hydrogen-bond donors (Lipinski definition) is 2. The van der Waals surface area contributed by atoms with Crippen LogP contribution in [-0.4, -0.2) is 53.0 Å². The molecule has 1 aliphatic rings. The van der Waals surface area contributed by atoms with Crippen molar-refractivity contribution in [3.05, 3.63) is 60.6 Å². The summed E-state index contributed by atoms with van der Waals surface area (Å²) in [6, 6.07) is 11.3. The second-order valence-electron chi connectivity index (χ2n) is 9.01. The van der Waals surface area contributed by atoms with Crippen LogP contribution in [0, 0.1) is 5.92 Å². The molecule has 1 amide bonds. The van der Waals surface area contributed by atoms with Gasteiger partial charge in [-0.3, -0.25) is 9.52 Å². The van der Waals surface area contributed by atoms with Gasteiger partial charge in [-0.05, 0) is 55.5 Å². The first kappa shape index (κ1) is 23.1. The van der Waals surface area contributed by atoms with Gasteiger partial charge in [0.15, 0.2) is 0 Å². The number of para-hydroxylation sites is 1. The molecular formula is C24H28N4O4S. The highest BCUT2D eigenvalue weighted by molar-refractivity contribution is 7.93. The number of piperidine rings is 1. The van der Waals surface area contributed by atoms with Crippen molar-refractivity contribution in [2.24, 2.45) is 5.92 Å². The van der Waals surface area contributed by atoms with Crippen molar-refractivity contribution in [3.63, 3.8) is 0 Å². The van der Waals surface area contributed by atoms with Gasteiger partial charge in [0.1, 0.15) is 11.2 Å². The van der Waals surface area contributed by atoms with Gasteiger partial charge in [0.25, 0.3) is 15.9 Å². The van der Waals surface area contributed by atoms with Crippen LogP contribution in [0.1, 0.15) is 43.5 Å². The summed E-state index contributed by atoms with van der Waals surface area (Å²) in [6.45, 7) is 5.16. The van der Waals surface area contributed by atoms with E-state index >= 15 is 0 Å². The number of benzene rings is 2. The number of aliphatic hydroxyl groups is 1. The largest absolute Gasteiger partial charge is 0.390 e. The number of anilines is 1. The summed E-state index contributed by atoms with van der Waals surface area (Å²) < 4.78 is 28.5. The maximum absolute atomic E-state index is 12.9. The fourth-order valence-corrected chi connectivity index (χ4v) is 5.61. The molecule has 0 bridgehead atoms. The van der Waals surface area contributed by atoms with E-state index in [1.54, 1.807) is 47.5 Å². The van der Waals surface area contributed by atoms with Crippen molar-refractivity contribution in [2.45, 2.75) is 43.6 Å². The SMILES string of the molecule is CC(C)CC1(O)CCN(C(=O)c2ccc(NS(=O)(=O)c3cccc4cncnc34)cc2)CC1. The maximum Gasteiger partial charge on any atom is 0.264 e. The summed E-state index contributed by atoms with van der Waals surface area (Å²) in [5.74, 6) is 0.275. The lowest BCUT2D eigenvalue weighted by Crippen LogP contribution is -2.47. The number of rotatable bonds is 6. The molecule has 33 heavy (non-hydrogen) atoms. The number of amides is 1. The summed E-state index contributed by atoms with van der Waals surface area (Å²) in [6.07, 6.45) is 4.72. The molecule has 2 heterocycles. The van der Waals surface area contributed by atoms with Crippen LogP contribution in [0.15, 0.2) is 59.9 Å². The van der Waals surface area contributed by atoms with Gasteiger partial charge in [-0.2, -0.15) is 0 Å². The highest BCUT2D eigenvalue weighted by Gasteiger charge is 2.34. The highest BCUT2D eigenvalue weighted by atomic mass is 32.2. The van der Waals surface area contributed by atoms with E-state index in [-0.39, 0.29) is 10.8 Å². The molecule has 4 rings (SSSR count). The summed E-state index contributed by atoms with van der Waals surface area (Å²) in [4.78, 5) is 22.7. The molecule has 2 aromatic carbocycles. The van der Waals surface area contributed by atoms with Crippen LogP contribution in [0.2, 0.25) is 0 Å². The first-order chi connectivity index (χ1) is 15.7. The van der Waals surface area contributed by atoms with Crippen molar-refractivity contribution in [3.8, 4) is 0 Å². The lowest BCUT2D eigenvalue weighted by atomic mass is 9.84. The van der Waals surface area contributed by atoms with Crippen molar-refractivity contribution < 1.29 is 18.3 Å². The van der Waals surface area contributed by atoms with Gasteiger partial charge >= 0.3 is 0 Å². The monoisotopic (exact) mass is 468 g/mol. The van der Waals surface area contributed by atoms with Gasteiger partial charge < -0.3 is 10.0 Å². The number of hydrogen-bond acceptors (Lipinski definition) is 6. The summed E-state index contributed by atoms with van der Waals surface area (Å²) in [5.41, 5.74) is 0.460. The van der Waals surface area contributed by atoms with E-state index in [1.165, 1.54) is 12.4 Å². The number of fused-ring (bicyclic) bond motifs is 1. The predicted octanol–water partition coefficient (Wildman–Crippen LogP) is 3.44. The Morgan fingerprint density at radius 2 is 1.85 bits per heavy atom. The molecule has 1 aliphatic heterocycles. The van der Waals surface area contributed by atoms with Gasteiger partial charge in [0.05, 0.1) is 11.1 Å².